The quantitative estimate of drug-likeness (QED) is 0.841. The summed E-state index contributed by atoms with van der Waals surface area (Å²) in [6.07, 6.45) is -0.201. The molecule has 134 valence electrons. The molecule has 2 aliphatic heterocycles. The number of hydrogen-bond acceptors (Lipinski definition) is 2. The maximum absolute atomic E-state index is 12.4. The molecule has 0 radical (unpaired) electrons. The highest BCUT2D eigenvalue weighted by molar-refractivity contribution is 5.15. The fourth-order valence-electron chi connectivity index (χ4n) is 4.49. The lowest BCUT2D eigenvalue weighted by molar-refractivity contribution is -0.142. The molecular formula is C19H26F3NO. The van der Waals surface area contributed by atoms with Gasteiger partial charge in [-0.1, -0.05) is 36.8 Å². The summed E-state index contributed by atoms with van der Waals surface area (Å²) in [5, 5.41) is 10.9. The van der Waals surface area contributed by atoms with Crippen molar-refractivity contribution in [2.75, 3.05) is 0 Å². The normalized spacial score (nSPS) is 31.2. The van der Waals surface area contributed by atoms with E-state index in [-0.39, 0.29) is 24.9 Å². The van der Waals surface area contributed by atoms with Gasteiger partial charge in [0.05, 0.1) is 5.60 Å². The maximum Gasteiger partial charge on any atom is 0.389 e. The number of benzene rings is 1. The maximum atomic E-state index is 12.4. The largest absolute Gasteiger partial charge is 0.390 e. The fourth-order valence-corrected chi connectivity index (χ4v) is 4.49. The van der Waals surface area contributed by atoms with Crippen LogP contribution in [0, 0.1) is 0 Å². The third-order valence-electron chi connectivity index (χ3n) is 5.55. The number of aliphatic hydroxyl groups is 1. The zero-order valence-corrected chi connectivity index (χ0v) is 13.9. The van der Waals surface area contributed by atoms with Crippen LogP contribution < -0.4 is 0 Å². The molecule has 0 saturated carbocycles. The average Bonchev–Trinajstić information content (AvgIpc) is 2.48. The molecule has 1 aromatic rings. The minimum atomic E-state index is -4.12. The average molecular weight is 341 g/mol. The van der Waals surface area contributed by atoms with Gasteiger partial charge in [0.2, 0.25) is 0 Å². The van der Waals surface area contributed by atoms with E-state index < -0.39 is 18.2 Å². The van der Waals surface area contributed by atoms with Crippen molar-refractivity contribution in [2.24, 2.45) is 0 Å². The van der Waals surface area contributed by atoms with Gasteiger partial charge >= 0.3 is 6.18 Å². The van der Waals surface area contributed by atoms with Gasteiger partial charge in [-0.3, -0.25) is 4.90 Å². The van der Waals surface area contributed by atoms with Gasteiger partial charge in [-0.05, 0) is 44.1 Å². The van der Waals surface area contributed by atoms with E-state index in [4.69, 9.17) is 0 Å². The molecule has 2 unspecified atom stereocenters. The summed E-state index contributed by atoms with van der Waals surface area (Å²) >= 11 is 0. The van der Waals surface area contributed by atoms with Crippen molar-refractivity contribution in [1.82, 2.24) is 4.90 Å². The van der Waals surface area contributed by atoms with Gasteiger partial charge in [-0.15, -0.1) is 0 Å². The van der Waals surface area contributed by atoms with Crippen LogP contribution in [0.2, 0.25) is 0 Å². The van der Waals surface area contributed by atoms with Crippen LogP contribution in [0.1, 0.15) is 56.9 Å². The first-order chi connectivity index (χ1) is 11.3. The van der Waals surface area contributed by atoms with Crippen LogP contribution >= 0.6 is 0 Å². The van der Waals surface area contributed by atoms with Crippen LogP contribution in [-0.2, 0) is 6.54 Å². The number of hydrogen-bond donors (Lipinski definition) is 1. The Balaban J connectivity index is 1.62. The van der Waals surface area contributed by atoms with Crippen LogP contribution in [-0.4, -0.2) is 33.9 Å². The molecule has 2 nitrogen and oxygen atoms in total. The van der Waals surface area contributed by atoms with Gasteiger partial charge in [0, 0.05) is 25.0 Å². The van der Waals surface area contributed by atoms with Crippen molar-refractivity contribution in [1.29, 1.82) is 0 Å². The summed E-state index contributed by atoms with van der Waals surface area (Å²) in [4.78, 5) is 2.47. The number of rotatable bonds is 5. The molecular weight excluding hydrogens is 315 g/mol. The van der Waals surface area contributed by atoms with E-state index in [9.17, 15) is 18.3 Å². The monoisotopic (exact) mass is 341 g/mol. The number of nitrogens with zero attached hydrogens (tertiary/aromatic N) is 1. The fraction of sp³-hybridized carbons (Fsp3) is 0.684. The topological polar surface area (TPSA) is 23.5 Å². The number of piperidine rings is 2. The molecule has 1 aromatic carbocycles. The first kappa shape index (κ1) is 17.7. The van der Waals surface area contributed by atoms with Gasteiger partial charge in [0.25, 0.3) is 0 Å². The summed E-state index contributed by atoms with van der Waals surface area (Å²) in [5.41, 5.74) is 0.339. The van der Waals surface area contributed by atoms with E-state index >= 15 is 0 Å². The zero-order valence-electron chi connectivity index (χ0n) is 13.9. The second kappa shape index (κ2) is 7.04. The predicted molar refractivity (Wildman–Crippen MR) is 87.5 cm³/mol. The minimum Gasteiger partial charge on any atom is -0.390 e. The van der Waals surface area contributed by atoms with Crippen molar-refractivity contribution in [3.63, 3.8) is 0 Å². The molecule has 2 aliphatic rings. The Kier molecular flexibility index (Phi) is 5.21. The molecule has 2 fully saturated rings. The molecule has 0 aromatic heterocycles. The molecule has 1 N–H and O–H groups in total. The van der Waals surface area contributed by atoms with E-state index in [0.717, 1.165) is 25.8 Å². The highest BCUT2D eigenvalue weighted by atomic mass is 19.4. The van der Waals surface area contributed by atoms with Crippen molar-refractivity contribution in [3.05, 3.63) is 35.9 Å². The van der Waals surface area contributed by atoms with Crippen molar-refractivity contribution < 1.29 is 18.3 Å². The van der Waals surface area contributed by atoms with Crippen LogP contribution in [0.4, 0.5) is 13.2 Å². The highest BCUT2D eigenvalue weighted by Crippen LogP contribution is 2.42. The van der Waals surface area contributed by atoms with Crippen LogP contribution in [0.5, 0.6) is 0 Å². The Hall–Kier alpha value is -1.07. The molecule has 24 heavy (non-hydrogen) atoms. The molecule has 0 spiro atoms. The molecule has 0 aliphatic carbocycles. The number of halogens is 3. The molecule has 2 heterocycles. The summed E-state index contributed by atoms with van der Waals surface area (Å²) in [6.45, 7) is 0.870. The highest BCUT2D eigenvalue weighted by Gasteiger charge is 2.45. The molecule has 3 rings (SSSR count). The third-order valence-corrected chi connectivity index (χ3v) is 5.55. The van der Waals surface area contributed by atoms with Gasteiger partial charge in [-0.2, -0.15) is 13.2 Å². The molecule has 0 amide bonds. The number of alkyl halides is 3. The van der Waals surface area contributed by atoms with E-state index in [0.29, 0.717) is 12.8 Å². The van der Waals surface area contributed by atoms with Crippen LogP contribution in [0.25, 0.3) is 0 Å². The Labute approximate surface area is 141 Å². The van der Waals surface area contributed by atoms with Crippen molar-refractivity contribution in [3.8, 4) is 0 Å². The van der Waals surface area contributed by atoms with Gasteiger partial charge in [0.15, 0.2) is 0 Å². The van der Waals surface area contributed by atoms with Gasteiger partial charge < -0.3 is 5.11 Å². The lowest BCUT2D eigenvalue weighted by Gasteiger charge is -2.52. The first-order valence-corrected chi connectivity index (χ1v) is 8.93. The Morgan fingerprint density at radius 1 is 1.08 bits per heavy atom. The van der Waals surface area contributed by atoms with Gasteiger partial charge in [-0.25, -0.2) is 0 Å². The molecule has 2 bridgehead atoms. The lowest BCUT2D eigenvalue weighted by Crippen LogP contribution is -2.57. The predicted octanol–water partition coefficient (Wildman–Crippen LogP) is 4.67. The first-order valence-electron chi connectivity index (χ1n) is 8.93. The summed E-state index contributed by atoms with van der Waals surface area (Å²) < 4.78 is 37.1. The Bertz CT molecular complexity index is 517. The third kappa shape index (κ3) is 4.51. The van der Waals surface area contributed by atoms with Gasteiger partial charge in [0.1, 0.15) is 0 Å². The smallest absolute Gasteiger partial charge is 0.389 e. The number of fused-ring (bicyclic) bond motifs is 2. The van der Waals surface area contributed by atoms with E-state index in [1.165, 1.54) is 5.56 Å². The van der Waals surface area contributed by atoms with E-state index in [2.05, 4.69) is 17.0 Å². The minimum absolute atomic E-state index is 0.0259. The van der Waals surface area contributed by atoms with Crippen LogP contribution in [0.15, 0.2) is 30.3 Å². The van der Waals surface area contributed by atoms with Crippen LogP contribution in [0.3, 0.4) is 0 Å². The molecule has 5 heteroatoms. The second-order valence-electron chi connectivity index (χ2n) is 7.50. The SMILES string of the molecule is OC1(CCCC(F)(F)F)CC2CCCC(C1)N2Cc1ccccc1. The van der Waals surface area contributed by atoms with E-state index in [1.54, 1.807) is 0 Å². The molecule has 2 atom stereocenters. The Morgan fingerprint density at radius 3 is 2.29 bits per heavy atom. The van der Waals surface area contributed by atoms with E-state index in [1.807, 2.05) is 18.2 Å². The second-order valence-corrected chi connectivity index (χ2v) is 7.50. The summed E-state index contributed by atoms with van der Waals surface area (Å²) in [7, 11) is 0. The summed E-state index contributed by atoms with van der Waals surface area (Å²) in [5.74, 6) is 0. The standard InChI is InChI=1S/C19H26F3NO/c20-19(21,22)11-5-10-18(24)12-16-8-4-9-17(13-18)23(16)14-15-6-2-1-3-7-15/h1-3,6-7,16-17,24H,4-5,8-14H2. The molecule has 2 saturated heterocycles. The Morgan fingerprint density at radius 2 is 1.71 bits per heavy atom. The zero-order chi connectivity index (χ0) is 17.2. The van der Waals surface area contributed by atoms with Crippen molar-refractivity contribution in [2.45, 2.75) is 81.8 Å². The van der Waals surface area contributed by atoms with Crippen molar-refractivity contribution >= 4 is 0 Å². The lowest BCUT2D eigenvalue weighted by atomic mass is 9.73. The summed E-state index contributed by atoms with van der Waals surface area (Å²) in [6, 6.07) is 10.9.